The second-order valence-electron chi connectivity index (χ2n) is 5.28. The molecule has 1 aliphatic rings. The first-order valence-electron chi connectivity index (χ1n) is 6.93. The summed E-state index contributed by atoms with van der Waals surface area (Å²) >= 11 is 0. The van der Waals surface area contributed by atoms with Crippen LogP contribution >= 0.6 is 0 Å². The van der Waals surface area contributed by atoms with Gasteiger partial charge in [-0.15, -0.1) is 5.10 Å². The van der Waals surface area contributed by atoms with E-state index in [9.17, 15) is 0 Å². The number of para-hydroxylation sites is 2. The Morgan fingerprint density at radius 2 is 2.05 bits per heavy atom. The Balaban J connectivity index is 1.84. The van der Waals surface area contributed by atoms with Gasteiger partial charge in [0.25, 0.3) is 0 Å². The summed E-state index contributed by atoms with van der Waals surface area (Å²) in [5.41, 5.74) is 2.11. The van der Waals surface area contributed by atoms with Gasteiger partial charge in [-0.1, -0.05) is 31.9 Å². The molecule has 1 saturated carbocycles. The van der Waals surface area contributed by atoms with Crippen molar-refractivity contribution in [1.29, 1.82) is 0 Å². The molecule has 1 aromatic heterocycles. The second-order valence-corrected chi connectivity index (χ2v) is 5.28. The Bertz CT molecular complexity index is 522. The first-order valence-corrected chi connectivity index (χ1v) is 6.93. The van der Waals surface area contributed by atoms with Crippen molar-refractivity contribution >= 4 is 5.69 Å². The maximum Gasteiger partial charge on any atom is 0.143 e. The van der Waals surface area contributed by atoms with Crippen molar-refractivity contribution < 1.29 is 0 Å². The monoisotopic (exact) mass is 257 g/mol. The van der Waals surface area contributed by atoms with Gasteiger partial charge in [0.2, 0.25) is 0 Å². The quantitative estimate of drug-likeness (QED) is 0.918. The molecule has 1 N–H and O–H groups in total. The number of tetrazole rings is 1. The lowest BCUT2D eigenvalue weighted by atomic mass is 9.86. The molecule has 0 bridgehead atoms. The standard InChI is InChI=1S/C14H19N5/c1-11-6-2-3-7-12(11)16-13-8-4-5-9-14(13)19-10-15-17-18-19/h4-5,8-12,16H,2-3,6-7H2,1H3. The summed E-state index contributed by atoms with van der Waals surface area (Å²) in [6, 6.07) is 8.73. The Labute approximate surface area is 113 Å². The van der Waals surface area contributed by atoms with Gasteiger partial charge < -0.3 is 5.32 Å². The van der Waals surface area contributed by atoms with Crippen LogP contribution in [0.4, 0.5) is 5.69 Å². The molecular weight excluding hydrogens is 238 g/mol. The zero-order valence-electron chi connectivity index (χ0n) is 11.2. The molecule has 1 fully saturated rings. The highest BCUT2D eigenvalue weighted by molar-refractivity contribution is 5.60. The Kier molecular flexibility index (Phi) is 3.44. The van der Waals surface area contributed by atoms with Gasteiger partial charge in [-0.05, 0) is 41.3 Å². The average molecular weight is 257 g/mol. The molecule has 0 aliphatic heterocycles. The number of nitrogens with zero attached hydrogens (tertiary/aromatic N) is 4. The SMILES string of the molecule is CC1CCCCC1Nc1ccccc1-n1cnnn1. The van der Waals surface area contributed by atoms with Gasteiger partial charge in [-0.3, -0.25) is 0 Å². The number of rotatable bonds is 3. The molecule has 3 rings (SSSR count). The molecule has 19 heavy (non-hydrogen) atoms. The molecule has 2 atom stereocenters. The van der Waals surface area contributed by atoms with Crippen LogP contribution in [0.25, 0.3) is 5.69 Å². The number of anilines is 1. The molecule has 5 nitrogen and oxygen atoms in total. The van der Waals surface area contributed by atoms with Crippen molar-refractivity contribution in [2.24, 2.45) is 5.92 Å². The van der Waals surface area contributed by atoms with Gasteiger partial charge in [-0.25, -0.2) is 0 Å². The minimum absolute atomic E-state index is 0.548. The van der Waals surface area contributed by atoms with E-state index in [1.165, 1.54) is 25.7 Å². The minimum atomic E-state index is 0.548. The predicted octanol–water partition coefficient (Wildman–Crippen LogP) is 2.65. The van der Waals surface area contributed by atoms with Crippen molar-refractivity contribution in [2.45, 2.75) is 38.6 Å². The van der Waals surface area contributed by atoms with Crippen LogP contribution in [-0.2, 0) is 0 Å². The van der Waals surface area contributed by atoms with Gasteiger partial charge >= 0.3 is 0 Å². The molecule has 0 radical (unpaired) electrons. The molecule has 5 heteroatoms. The van der Waals surface area contributed by atoms with E-state index in [1.54, 1.807) is 11.0 Å². The maximum atomic E-state index is 3.97. The van der Waals surface area contributed by atoms with Crippen LogP contribution in [0.2, 0.25) is 0 Å². The lowest BCUT2D eigenvalue weighted by molar-refractivity contribution is 0.349. The van der Waals surface area contributed by atoms with E-state index >= 15 is 0 Å². The second kappa shape index (κ2) is 5.38. The van der Waals surface area contributed by atoms with Crippen molar-refractivity contribution in [3.63, 3.8) is 0 Å². The van der Waals surface area contributed by atoms with E-state index in [0.717, 1.165) is 17.3 Å². The molecule has 1 heterocycles. The van der Waals surface area contributed by atoms with Crippen LogP contribution < -0.4 is 5.32 Å². The highest BCUT2D eigenvalue weighted by Gasteiger charge is 2.21. The zero-order chi connectivity index (χ0) is 13.1. The normalized spacial score (nSPS) is 23.2. The first kappa shape index (κ1) is 12.1. The van der Waals surface area contributed by atoms with Crippen molar-refractivity contribution in [1.82, 2.24) is 20.2 Å². The molecule has 1 aliphatic carbocycles. The minimum Gasteiger partial charge on any atom is -0.380 e. The predicted molar refractivity (Wildman–Crippen MR) is 74.2 cm³/mol. The Morgan fingerprint density at radius 3 is 2.84 bits per heavy atom. The summed E-state index contributed by atoms with van der Waals surface area (Å²) in [6.07, 6.45) is 6.85. The highest BCUT2D eigenvalue weighted by atomic mass is 15.5. The number of hydrogen-bond acceptors (Lipinski definition) is 4. The molecule has 2 aromatic rings. The van der Waals surface area contributed by atoms with Crippen LogP contribution in [0, 0.1) is 5.92 Å². The van der Waals surface area contributed by atoms with Crippen LogP contribution in [0.1, 0.15) is 32.6 Å². The number of nitrogens with one attached hydrogen (secondary N) is 1. The van der Waals surface area contributed by atoms with E-state index in [-0.39, 0.29) is 0 Å². The number of benzene rings is 1. The van der Waals surface area contributed by atoms with Crippen molar-refractivity contribution in [3.05, 3.63) is 30.6 Å². The molecule has 2 unspecified atom stereocenters. The van der Waals surface area contributed by atoms with E-state index in [4.69, 9.17) is 0 Å². The smallest absolute Gasteiger partial charge is 0.143 e. The molecule has 100 valence electrons. The number of aromatic nitrogens is 4. The number of hydrogen-bond donors (Lipinski definition) is 1. The first-order chi connectivity index (χ1) is 9.34. The molecule has 0 spiro atoms. The largest absolute Gasteiger partial charge is 0.380 e. The fraction of sp³-hybridized carbons (Fsp3) is 0.500. The van der Waals surface area contributed by atoms with E-state index < -0.39 is 0 Å². The van der Waals surface area contributed by atoms with Gasteiger partial charge in [-0.2, -0.15) is 4.68 Å². The molecule has 1 aromatic carbocycles. The fourth-order valence-electron chi connectivity index (χ4n) is 2.80. The van der Waals surface area contributed by atoms with Crippen molar-refractivity contribution in [3.8, 4) is 5.69 Å². The summed E-state index contributed by atoms with van der Waals surface area (Å²) < 4.78 is 1.70. The topological polar surface area (TPSA) is 55.6 Å². The molecule has 0 saturated heterocycles. The van der Waals surface area contributed by atoms with E-state index in [2.05, 4.69) is 33.8 Å². The Hall–Kier alpha value is -1.91. The van der Waals surface area contributed by atoms with Gasteiger partial charge in [0.1, 0.15) is 6.33 Å². The summed E-state index contributed by atoms with van der Waals surface area (Å²) in [4.78, 5) is 0. The van der Waals surface area contributed by atoms with Crippen LogP contribution in [0.5, 0.6) is 0 Å². The van der Waals surface area contributed by atoms with E-state index in [1.807, 2.05) is 18.2 Å². The van der Waals surface area contributed by atoms with Crippen molar-refractivity contribution in [2.75, 3.05) is 5.32 Å². The van der Waals surface area contributed by atoms with Gasteiger partial charge in [0, 0.05) is 6.04 Å². The fourth-order valence-corrected chi connectivity index (χ4v) is 2.80. The average Bonchev–Trinajstić information content (AvgIpc) is 2.96. The summed E-state index contributed by atoms with van der Waals surface area (Å²) in [5, 5.41) is 15.1. The highest BCUT2D eigenvalue weighted by Crippen LogP contribution is 2.28. The third-order valence-electron chi connectivity index (χ3n) is 3.95. The van der Waals surface area contributed by atoms with Gasteiger partial charge in [0.05, 0.1) is 11.4 Å². The summed E-state index contributed by atoms with van der Waals surface area (Å²) in [7, 11) is 0. The third kappa shape index (κ3) is 2.59. The molecule has 0 amide bonds. The third-order valence-corrected chi connectivity index (χ3v) is 3.95. The van der Waals surface area contributed by atoms with Crippen LogP contribution in [-0.4, -0.2) is 26.2 Å². The lowest BCUT2D eigenvalue weighted by Gasteiger charge is -2.31. The Morgan fingerprint density at radius 1 is 1.21 bits per heavy atom. The van der Waals surface area contributed by atoms with Gasteiger partial charge in [0.15, 0.2) is 0 Å². The van der Waals surface area contributed by atoms with Crippen LogP contribution in [0.15, 0.2) is 30.6 Å². The van der Waals surface area contributed by atoms with Crippen LogP contribution in [0.3, 0.4) is 0 Å². The maximum absolute atomic E-state index is 3.97. The zero-order valence-corrected chi connectivity index (χ0v) is 11.2. The summed E-state index contributed by atoms with van der Waals surface area (Å²) in [6.45, 7) is 2.33. The lowest BCUT2D eigenvalue weighted by Crippen LogP contribution is -2.30. The summed E-state index contributed by atoms with van der Waals surface area (Å²) in [5.74, 6) is 0.718. The molecular formula is C14H19N5. The van der Waals surface area contributed by atoms with E-state index in [0.29, 0.717) is 6.04 Å².